The highest BCUT2D eigenvalue weighted by molar-refractivity contribution is 6.10. The Hall–Kier alpha value is -5.09. The van der Waals surface area contributed by atoms with Gasteiger partial charge in [-0.3, -0.25) is 0 Å². The molecule has 8 rings (SSSR count). The quantitative estimate of drug-likeness (QED) is 0.0877. The number of ether oxygens (including phenoxy) is 1. The summed E-state index contributed by atoms with van der Waals surface area (Å²) in [6.45, 7) is 10.5. The van der Waals surface area contributed by atoms with Gasteiger partial charge in [0.25, 0.3) is 0 Å². The second-order valence-electron chi connectivity index (χ2n) is 14.2. The predicted octanol–water partition coefficient (Wildman–Crippen LogP) is 12.5. The van der Waals surface area contributed by atoms with Crippen LogP contribution in [-0.2, 0) is 4.74 Å². The van der Waals surface area contributed by atoms with Gasteiger partial charge in [-0.25, -0.2) is 4.79 Å². The molecule has 3 unspecified atom stereocenters. The molecule has 1 aliphatic carbocycles. The first-order valence-corrected chi connectivity index (χ1v) is 18.3. The van der Waals surface area contributed by atoms with Crippen LogP contribution < -0.4 is 0 Å². The van der Waals surface area contributed by atoms with Crippen LogP contribution in [0.3, 0.4) is 0 Å². The minimum atomic E-state index is -0.270. The number of esters is 1. The monoisotopic (exact) mass is 660 g/mol. The molecule has 3 atom stereocenters. The summed E-state index contributed by atoms with van der Waals surface area (Å²) in [6.07, 6.45) is 8.98. The zero-order valence-electron chi connectivity index (χ0n) is 29.6. The Labute approximate surface area is 296 Å². The fourth-order valence-corrected chi connectivity index (χ4v) is 8.38. The van der Waals surface area contributed by atoms with Gasteiger partial charge in [0.15, 0.2) is 0 Å². The van der Waals surface area contributed by atoms with Crippen LogP contribution in [0.4, 0.5) is 0 Å². The van der Waals surface area contributed by atoms with E-state index in [1.807, 2.05) is 19.1 Å². The highest BCUT2D eigenvalue weighted by atomic mass is 16.5. The molecule has 4 heteroatoms. The van der Waals surface area contributed by atoms with E-state index in [2.05, 4.69) is 133 Å². The molecule has 7 aromatic rings. The summed E-state index contributed by atoms with van der Waals surface area (Å²) in [5, 5.41) is 4.76. The number of aromatic nitrogens is 2. The molecule has 4 nitrogen and oxygen atoms in total. The lowest BCUT2D eigenvalue weighted by Gasteiger charge is -2.16. The zero-order valence-corrected chi connectivity index (χ0v) is 29.6. The Kier molecular flexibility index (Phi) is 9.89. The average Bonchev–Trinajstić information content (AvgIpc) is 3.77. The summed E-state index contributed by atoms with van der Waals surface area (Å²) in [6, 6.07) is 40.2. The van der Waals surface area contributed by atoms with Gasteiger partial charge in [-0.05, 0) is 86.4 Å². The van der Waals surface area contributed by atoms with Crippen molar-refractivity contribution in [3.8, 4) is 11.4 Å². The first-order valence-electron chi connectivity index (χ1n) is 18.3. The van der Waals surface area contributed by atoms with Gasteiger partial charge >= 0.3 is 5.97 Å². The van der Waals surface area contributed by atoms with Gasteiger partial charge in [0.1, 0.15) is 0 Å². The average molecular weight is 661 g/mol. The first kappa shape index (κ1) is 33.4. The fourth-order valence-electron chi connectivity index (χ4n) is 8.38. The van der Waals surface area contributed by atoms with Gasteiger partial charge in [-0.15, -0.1) is 6.58 Å². The van der Waals surface area contributed by atoms with E-state index in [-0.39, 0.29) is 5.97 Å². The van der Waals surface area contributed by atoms with E-state index < -0.39 is 0 Å². The number of unbranched alkanes of at least 4 members (excludes halogenated alkanes) is 2. The van der Waals surface area contributed by atoms with Crippen LogP contribution in [0, 0.1) is 17.8 Å². The minimum Gasteiger partial charge on any atom is -0.462 e. The van der Waals surface area contributed by atoms with Crippen molar-refractivity contribution in [2.75, 3.05) is 6.61 Å². The van der Waals surface area contributed by atoms with Crippen LogP contribution in [-0.4, -0.2) is 21.7 Å². The molecule has 1 saturated carbocycles. The third-order valence-electron chi connectivity index (χ3n) is 10.6. The van der Waals surface area contributed by atoms with E-state index in [1.54, 1.807) is 6.08 Å². The Morgan fingerprint density at radius 3 is 1.54 bits per heavy atom. The van der Waals surface area contributed by atoms with Crippen LogP contribution in [0.2, 0.25) is 0 Å². The standard InChI is InChI=1S/C43H42N2O2.C3H6/c1-29-24-30(2)31(25-29)14-4-3-13-23-47-43(46)32-26-33(44-39-19-9-5-15-35(39)36-16-6-10-20-40(36)44)28-34(27-32)45-41-21-11-7-17-37(41)38-18-8-12-22-42(38)45;1-3-2/h5-12,15-22,26-31H,3-4,13-14,23-25H2,1-2H3;3H,1H2,2H3. The second kappa shape index (κ2) is 14.8. The van der Waals surface area contributed by atoms with Gasteiger partial charge in [-0.2, -0.15) is 0 Å². The zero-order chi connectivity index (χ0) is 34.6. The molecule has 0 radical (unpaired) electrons. The number of rotatable bonds is 9. The van der Waals surface area contributed by atoms with Crippen molar-refractivity contribution in [1.29, 1.82) is 0 Å². The van der Waals surface area contributed by atoms with Crippen molar-refractivity contribution in [3.05, 3.63) is 133 Å². The summed E-state index contributed by atoms with van der Waals surface area (Å²) < 4.78 is 10.5. The molecule has 0 amide bonds. The number of carbonyl (C=O) groups is 1. The summed E-state index contributed by atoms with van der Waals surface area (Å²) in [7, 11) is 0. The third-order valence-corrected chi connectivity index (χ3v) is 10.6. The lowest BCUT2D eigenvalue weighted by Crippen LogP contribution is -2.09. The van der Waals surface area contributed by atoms with E-state index in [0.717, 1.165) is 64.0 Å². The summed E-state index contributed by atoms with van der Waals surface area (Å²) in [5.74, 6) is 2.29. The smallest absolute Gasteiger partial charge is 0.338 e. The van der Waals surface area contributed by atoms with E-state index in [0.29, 0.717) is 12.2 Å². The molecule has 1 aliphatic rings. The van der Waals surface area contributed by atoms with Crippen molar-refractivity contribution in [2.45, 2.75) is 59.3 Å². The lowest BCUT2D eigenvalue weighted by atomic mass is 9.92. The SMILES string of the molecule is C=CC.CC1CC(C)C(CCCCCOC(=O)c2cc(-n3c4ccccc4c4ccccc43)cc(-n3c4ccccc4c4ccccc43)c2)C1. The lowest BCUT2D eigenvalue weighted by molar-refractivity contribution is 0.0497. The molecule has 2 aromatic heterocycles. The van der Waals surface area contributed by atoms with E-state index in [4.69, 9.17) is 4.74 Å². The summed E-state index contributed by atoms with van der Waals surface area (Å²) >= 11 is 0. The first-order chi connectivity index (χ1) is 24.5. The molecule has 50 heavy (non-hydrogen) atoms. The molecule has 254 valence electrons. The molecule has 0 bridgehead atoms. The van der Waals surface area contributed by atoms with Crippen LogP contribution in [0.15, 0.2) is 128 Å². The third kappa shape index (κ3) is 6.47. The Balaban J connectivity index is 0.00000126. The largest absolute Gasteiger partial charge is 0.462 e. The maximum atomic E-state index is 13.8. The molecule has 0 spiro atoms. The molecule has 0 aliphatic heterocycles. The van der Waals surface area contributed by atoms with Crippen molar-refractivity contribution >= 4 is 49.6 Å². The predicted molar refractivity (Wildman–Crippen MR) is 211 cm³/mol. The minimum absolute atomic E-state index is 0.270. The number of hydrogen-bond donors (Lipinski definition) is 0. The van der Waals surface area contributed by atoms with Crippen molar-refractivity contribution < 1.29 is 9.53 Å². The number of hydrogen-bond acceptors (Lipinski definition) is 2. The van der Waals surface area contributed by atoms with E-state index >= 15 is 0 Å². The van der Waals surface area contributed by atoms with Crippen LogP contribution in [0.5, 0.6) is 0 Å². The topological polar surface area (TPSA) is 36.2 Å². The highest BCUT2D eigenvalue weighted by Crippen LogP contribution is 2.39. The fraction of sp³-hybridized carbons (Fsp3) is 0.283. The second-order valence-corrected chi connectivity index (χ2v) is 14.2. The number of nitrogens with zero attached hydrogens (tertiary/aromatic N) is 2. The molecule has 5 aromatic carbocycles. The maximum absolute atomic E-state index is 13.8. The van der Waals surface area contributed by atoms with Gasteiger partial charge in [0, 0.05) is 32.9 Å². The molecular weight excluding hydrogens is 613 g/mol. The molecule has 0 N–H and O–H groups in total. The van der Waals surface area contributed by atoms with Crippen LogP contribution in [0.1, 0.15) is 69.7 Å². The van der Waals surface area contributed by atoms with E-state index in [1.165, 1.54) is 47.2 Å². The van der Waals surface area contributed by atoms with Gasteiger partial charge in [0.2, 0.25) is 0 Å². The Morgan fingerprint density at radius 2 is 1.12 bits per heavy atom. The normalized spacial score (nSPS) is 17.3. The summed E-state index contributed by atoms with van der Waals surface area (Å²) in [4.78, 5) is 13.8. The van der Waals surface area contributed by atoms with E-state index in [9.17, 15) is 4.79 Å². The van der Waals surface area contributed by atoms with Gasteiger partial charge in [-0.1, -0.05) is 112 Å². The summed E-state index contributed by atoms with van der Waals surface area (Å²) in [5.41, 5.74) is 6.88. The van der Waals surface area contributed by atoms with Gasteiger partial charge in [0.05, 0.1) is 34.2 Å². The molecule has 1 fully saturated rings. The number of fused-ring (bicyclic) bond motifs is 6. The van der Waals surface area contributed by atoms with Crippen molar-refractivity contribution in [1.82, 2.24) is 9.13 Å². The Morgan fingerprint density at radius 1 is 0.680 bits per heavy atom. The van der Waals surface area contributed by atoms with Crippen molar-refractivity contribution in [2.24, 2.45) is 17.8 Å². The maximum Gasteiger partial charge on any atom is 0.338 e. The van der Waals surface area contributed by atoms with Crippen LogP contribution >= 0.6 is 0 Å². The number of carbonyl (C=O) groups excluding carboxylic acids is 1. The highest BCUT2D eigenvalue weighted by Gasteiger charge is 2.27. The Bertz CT molecular complexity index is 2050. The number of para-hydroxylation sites is 4. The number of benzene rings is 5. The molecule has 0 saturated heterocycles. The number of allylic oxidation sites excluding steroid dienone is 1. The molecular formula is C46H48N2O2. The van der Waals surface area contributed by atoms with Crippen LogP contribution in [0.25, 0.3) is 55.0 Å². The van der Waals surface area contributed by atoms with Crippen molar-refractivity contribution in [3.63, 3.8) is 0 Å². The van der Waals surface area contributed by atoms with Gasteiger partial charge < -0.3 is 13.9 Å². The molecule has 2 heterocycles.